The summed E-state index contributed by atoms with van der Waals surface area (Å²) in [5, 5.41) is -0.996. The van der Waals surface area contributed by atoms with E-state index in [9.17, 15) is 18.0 Å². The van der Waals surface area contributed by atoms with Gasteiger partial charge in [0.1, 0.15) is 9.39 Å². The summed E-state index contributed by atoms with van der Waals surface area (Å²) in [7, 11) is 0. The van der Waals surface area contributed by atoms with Gasteiger partial charge in [0.25, 0.3) is 11.7 Å². The first kappa shape index (κ1) is 11.7. The molecular formula is C7H2ClF3INO. The molecule has 0 amide bonds. The van der Waals surface area contributed by atoms with Crippen LogP contribution in [0.15, 0.2) is 6.07 Å². The van der Waals surface area contributed by atoms with E-state index in [0.29, 0.717) is 6.07 Å². The van der Waals surface area contributed by atoms with Gasteiger partial charge in [0.05, 0.1) is 5.56 Å². The van der Waals surface area contributed by atoms with Gasteiger partial charge in [0.15, 0.2) is 5.82 Å². The predicted molar refractivity (Wildman–Crippen MR) is 52.1 cm³/mol. The normalized spacial score (nSPS) is 10.7. The van der Waals surface area contributed by atoms with Gasteiger partial charge in [-0.25, -0.2) is 18.2 Å². The van der Waals surface area contributed by atoms with Crippen LogP contribution in [0, 0.1) is 9.52 Å². The summed E-state index contributed by atoms with van der Waals surface area (Å²) in [6.45, 7) is 0. The van der Waals surface area contributed by atoms with E-state index in [4.69, 9.17) is 11.6 Å². The lowest BCUT2D eigenvalue weighted by Crippen LogP contribution is -2.03. The van der Waals surface area contributed by atoms with Crippen LogP contribution in [0.25, 0.3) is 0 Å². The number of pyridine rings is 1. The zero-order valence-electron chi connectivity index (χ0n) is 6.40. The van der Waals surface area contributed by atoms with Crippen LogP contribution in [0.3, 0.4) is 0 Å². The van der Waals surface area contributed by atoms with Gasteiger partial charge in [0.2, 0.25) is 0 Å². The van der Waals surface area contributed by atoms with Crippen LogP contribution in [0.1, 0.15) is 22.5 Å². The number of rotatable bonds is 2. The van der Waals surface area contributed by atoms with Crippen molar-refractivity contribution in [1.29, 1.82) is 0 Å². The summed E-state index contributed by atoms with van der Waals surface area (Å²) in [5.41, 5.74) is -1.25. The number of alkyl halides is 2. The van der Waals surface area contributed by atoms with E-state index in [1.807, 2.05) is 0 Å². The predicted octanol–water partition coefficient (Wildman–Crippen LogP) is 3.14. The molecule has 1 rings (SSSR count). The lowest BCUT2D eigenvalue weighted by molar-refractivity contribution is 0.107. The van der Waals surface area contributed by atoms with Crippen molar-refractivity contribution in [3.8, 4) is 0 Å². The van der Waals surface area contributed by atoms with E-state index >= 15 is 0 Å². The lowest BCUT2D eigenvalue weighted by atomic mass is 10.2. The van der Waals surface area contributed by atoms with Crippen LogP contribution < -0.4 is 0 Å². The van der Waals surface area contributed by atoms with Gasteiger partial charge < -0.3 is 0 Å². The Labute approximate surface area is 95.6 Å². The Hall–Kier alpha value is -0.370. The minimum absolute atomic E-state index is 0.301. The lowest BCUT2D eigenvalue weighted by Gasteiger charge is -2.04. The van der Waals surface area contributed by atoms with E-state index in [1.165, 1.54) is 22.6 Å². The number of aromatic nitrogens is 1. The van der Waals surface area contributed by atoms with Gasteiger partial charge in [-0.15, -0.1) is 0 Å². The Balaban J connectivity index is 3.35. The van der Waals surface area contributed by atoms with E-state index in [2.05, 4.69) is 4.98 Å². The molecule has 0 aliphatic heterocycles. The second-order valence-electron chi connectivity index (χ2n) is 2.28. The number of carbonyl (C=O) groups is 1. The number of hydrogen-bond donors (Lipinski definition) is 0. The van der Waals surface area contributed by atoms with E-state index < -0.39 is 23.0 Å². The van der Waals surface area contributed by atoms with Crippen LogP contribution in [0.4, 0.5) is 13.2 Å². The summed E-state index contributed by atoms with van der Waals surface area (Å²) in [4.78, 5) is 14.0. The third-order valence-electron chi connectivity index (χ3n) is 1.38. The van der Waals surface area contributed by atoms with Crippen molar-refractivity contribution in [1.82, 2.24) is 4.98 Å². The Morgan fingerprint density at radius 3 is 2.57 bits per heavy atom. The molecule has 1 heterocycles. The molecule has 0 radical (unpaired) electrons. The second-order valence-corrected chi connectivity index (χ2v) is 3.64. The van der Waals surface area contributed by atoms with E-state index in [1.54, 1.807) is 0 Å². The summed E-state index contributed by atoms with van der Waals surface area (Å²) >= 11 is 6.44. The van der Waals surface area contributed by atoms with Crippen LogP contribution in [0.2, 0.25) is 0 Å². The topological polar surface area (TPSA) is 30.0 Å². The maximum Gasteiger partial charge on any atom is 0.270 e. The van der Waals surface area contributed by atoms with Crippen LogP contribution in [0.5, 0.6) is 0 Å². The minimum atomic E-state index is -3.00. The molecule has 76 valence electrons. The van der Waals surface area contributed by atoms with Crippen molar-refractivity contribution in [2.24, 2.45) is 0 Å². The number of halogens is 5. The molecule has 0 N–H and O–H groups in total. The first-order chi connectivity index (χ1) is 6.43. The monoisotopic (exact) mass is 335 g/mol. The quantitative estimate of drug-likeness (QED) is 0.472. The molecule has 0 spiro atoms. The highest BCUT2D eigenvalue weighted by Crippen LogP contribution is 2.25. The molecule has 2 nitrogen and oxygen atoms in total. The molecule has 0 bridgehead atoms. The number of nitrogens with zero attached hydrogens (tertiary/aromatic N) is 1. The molecule has 0 aliphatic rings. The van der Waals surface area contributed by atoms with Gasteiger partial charge in [-0.1, -0.05) is 0 Å². The van der Waals surface area contributed by atoms with Crippen molar-refractivity contribution >= 4 is 39.4 Å². The van der Waals surface area contributed by atoms with Crippen molar-refractivity contribution < 1.29 is 18.0 Å². The second kappa shape index (κ2) is 4.43. The maximum absolute atomic E-state index is 13.0. The molecule has 0 aliphatic carbocycles. The third-order valence-corrected chi connectivity index (χ3v) is 2.29. The zero-order chi connectivity index (χ0) is 10.9. The SMILES string of the molecule is O=C(Cl)c1cc(C(F)F)c(F)c(I)n1. The van der Waals surface area contributed by atoms with Gasteiger partial charge >= 0.3 is 0 Å². The summed E-state index contributed by atoms with van der Waals surface area (Å²) in [5.74, 6) is -1.12. The molecule has 0 fully saturated rings. The Kier molecular flexibility index (Phi) is 3.71. The summed E-state index contributed by atoms with van der Waals surface area (Å²) in [6, 6.07) is 0.650. The van der Waals surface area contributed by atoms with Crippen molar-refractivity contribution in [2.45, 2.75) is 6.43 Å². The molecular weight excluding hydrogens is 333 g/mol. The molecule has 14 heavy (non-hydrogen) atoms. The zero-order valence-corrected chi connectivity index (χ0v) is 9.31. The standard InChI is InChI=1S/C7H2ClF3INO/c8-5(14)3-1-2(6(10)11)4(9)7(12)13-3/h1,6H. The fraction of sp³-hybridized carbons (Fsp3) is 0.143. The molecule has 7 heteroatoms. The van der Waals surface area contributed by atoms with Crippen molar-refractivity contribution in [2.75, 3.05) is 0 Å². The molecule has 1 aromatic rings. The van der Waals surface area contributed by atoms with Gasteiger partial charge in [-0.2, -0.15) is 0 Å². The first-order valence-electron chi connectivity index (χ1n) is 3.27. The van der Waals surface area contributed by atoms with Gasteiger partial charge in [0, 0.05) is 0 Å². The molecule has 1 aromatic heterocycles. The third kappa shape index (κ3) is 2.35. The smallest absolute Gasteiger partial charge is 0.270 e. The largest absolute Gasteiger partial charge is 0.274 e. The highest BCUT2D eigenvalue weighted by molar-refractivity contribution is 14.1. The summed E-state index contributed by atoms with van der Waals surface area (Å²) < 4.78 is 37.1. The fourth-order valence-corrected chi connectivity index (χ4v) is 1.44. The average Bonchev–Trinajstić information content (AvgIpc) is 2.08. The Morgan fingerprint density at radius 1 is 1.57 bits per heavy atom. The number of carbonyl (C=O) groups excluding carboxylic acids is 1. The van der Waals surface area contributed by atoms with Crippen LogP contribution in [-0.2, 0) is 0 Å². The Morgan fingerprint density at radius 2 is 2.14 bits per heavy atom. The molecule has 0 atom stereocenters. The van der Waals surface area contributed by atoms with E-state index in [-0.39, 0.29) is 9.39 Å². The first-order valence-corrected chi connectivity index (χ1v) is 4.73. The number of hydrogen-bond acceptors (Lipinski definition) is 2. The van der Waals surface area contributed by atoms with E-state index in [0.717, 1.165) is 0 Å². The van der Waals surface area contributed by atoms with Crippen molar-refractivity contribution in [3.63, 3.8) is 0 Å². The highest BCUT2D eigenvalue weighted by atomic mass is 127. The molecule has 0 aromatic carbocycles. The van der Waals surface area contributed by atoms with Gasteiger partial charge in [-0.3, -0.25) is 4.79 Å². The highest BCUT2D eigenvalue weighted by Gasteiger charge is 2.20. The molecule has 0 unspecified atom stereocenters. The van der Waals surface area contributed by atoms with Crippen LogP contribution in [-0.4, -0.2) is 10.2 Å². The maximum atomic E-state index is 13.0. The average molecular weight is 335 g/mol. The van der Waals surface area contributed by atoms with Crippen LogP contribution >= 0.6 is 34.2 Å². The molecule has 0 saturated carbocycles. The summed E-state index contributed by atoms with van der Waals surface area (Å²) in [6.07, 6.45) is -3.00. The van der Waals surface area contributed by atoms with Gasteiger partial charge in [-0.05, 0) is 40.3 Å². The van der Waals surface area contributed by atoms with Crippen molar-refractivity contribution in [3.05, 3.63) is 26.8 Å². The molecule has 0 saturated heterocycles. The fourth-order valence-electron chi connectivity index (χ4n) is 0.776. The minimum Gasteiger partial charge on any atom is -0.274 e. The Bertz CT molecular complexity index is 385.